The summed E-state index contributed by atoms with van der Waals surface area (Å²) in [6.45, 7) is 10.9. The monoisotopic (exact) mass is 493 g/mol. The molecule has 0 spiro atoms. The quantitative estimate of drug-likeness (QED) is 0.135. The molecule has 0 radical (unpaired) electrons. The minimum Gasteiger partial charge on any atom is -0.534 e. The standard InChI is InChI=1S/C27H51N3O3Si/c1-5-9-11-12-13-14-15-16-18-26-28-19-20-30(26)32-24(7-3)23(17-10-6-2)25(8-4)34-33-27-21-31-22-29-27/h21-25H,5-20,34H2,1-4H3. The molecule has 0 aliphatic carbocycles. The minimum absolute atomic E-state index is 0.215. The van der Waals surface area contributed by atoms with Crippen molar-refractivity contribution >= 4 is 15.6 Å². The van der Waals surface area contributed by atoms with Gasteiger partial charge in [0, 0.05) is 6.42 Å². The maximum Gasteiger partial charge on any atom is 0.238 e. The maximum absolute atomic E-state index is 6.71. The number of hydrogen-bond acceptors (Lipinski definition) is 6. The summed E-state index contributed by atoms with van der Waals surface area (Å²) in [7, 11) is -0.794. The molecule has 2 rings (SSSR count). The van der Waals surface area contributed by atoms with Crippen LogP contribution >= 0.6 is 0 Å². The van der Waals surface area contributed by atoms with Gasteiger partial charge in [-0.3, -0.25) is 9.83 Å². The summed E-state index contributed by atoms with van der Waals surface area (Å²) in [6.07, 6.45) is 20.8. The summed E-state index contributed by atoms with van der Waals surface area (Å²) in [5.74, 6) is 2.31. The topological polar surface area (TPSA) is 60.1 Å². The number of unbranched alkanes of at least 4 members (excludes halogenated alkanes) is 8. The predicted molar refractivity (Wildman–Crippen MR) is 144 cm³/mol. The van der Waals surface area contributed by atoms with Crippen molar-refractivity contribution in [3.05, 3.63) is 12.7 Å². The van der Waals surface area contributed by atoms with Crippen LogP contribution in [0.3, 0.4) is 0 Å². The summed E-state index contributed by atoms with van der Waals surface area (Å²) in [6, 6.07) is 0. The van der Waals surface area contributed by atoms with E-state index in [1.165, 1.54) is 82.9 Å². The average Bonchev–Trinajstić information content (AvgIpc) is 3.53. The van der Waals surface area contributed by atoms with E-state index >= 15 is 0 Å². The molecule has 34 heavy (non-hydrogen) atoms. The van der Waals surface area contributed by atoms with E-state index in [0.29, 0.717) is 17.3 Å². The highest BCUT2D eigenvalue weighted by Gasteiger charge is 2.32. The van der Waals surface area contributed by atoms with Crippen molar-refractivity contribution in [2.75, 3.05) is 13.1 Å². The number of hydroxylamine groups is 2. The zero-order valence-electron chi connectivity index (χ0n) is 22.5. The lowest BCUT2D eigenvalue weighted by Gasteiger charge is -2.35. The highest BCUT2D eigenvalue weighted by Crippen LogP contribution is 2.34. The molecule has 1 aliphatic rings. The van der Waals surface area contributed by atoms with Crippen molar-refractivity contribution in [1.82, 2.24) is 10.0 Å². The van der Waals surface area contributed by atoms with E-state index < -0.39 is 9.76 Å². The largest absolute Gasteiger partial charge is 0.534 e. The molecule has 196 valence electrons. The lowest BCUT2D eigenvalue weighted by atomic mass is 9.89. The third kappa shape index (κ3) is 10.5. The van der Waals surface area contributed by atoms with E-state index in [4.69, 9.17) is 18.7 Å². The third-order valence-electron chi connectivity index (χ3n) is 7.16. The number of aliphatic imine (C=N–C) groups is 1. The molecule has 3 unspecified atom stereocenters. The van der Waals surface area contributed by atoms with Gasteiger partial charge in [-0.05, 0) is 30.7 Å². The van der Waals surface area contributed by atoms with Gasteiger partial charge in [-0.1, -0.05) is 91.9 Å². The van der Waals surface area contributed by atoms with E-state index in [1.54, 1.807) is 6.26 Å². The van der Waals surface area contributed by atoms with Gasteiger partial charge >= 0.3 is 0 Å². The van der Waals surface area contributed by atoms with Crippen molar-refractivity contribution in [2.45, 2.75) is 129 Å². The molecule has 0 saturated carbocycles. The van der Waals surface area contributed by atoms with Crippen LogP contribution in [-0.2, 0) is 4.84 Å². The Kier molecular flexibility index (Phi) is 15.3. The zero-order valence-corrected chi connectivity index (χ0v) is 23.9. The van der Waals surface area contributed by atoms with Crippen molar-refractivity contribution in [1.29, 1.82) is 0 Å². The smallest absolute Gasteiger partial charge is 0.238 e. The van der Waals surface area contributed by atoms with Gasteiger partial charge in [-0.15, -0.1) is 0 Å². The van der Waals surface area contributed by atoms with E-state index in [1.807, 2.05) is 0 Å². The van der Waals surface area contributed by atoms with Crippen molar-refractivity contribution < 1.29 is 13.7 Å². The first-order valence-electron chi connectivity index (χ1n) is 14.2. The number of hydrogen-bond donors (Lipinski definition) is 0. The van der Waals surface area contributed by atoms with Gasteiger partial charge in [-0.2, -0.15) is 4.98 Å². The Labute approximate surface area is 211 Å². The second-order valence-electron chi connectivity index (χ2n) is 9.79. The summed E-state index contributed by atoms with van der Waals surface area (Å²) >= 11 is 0. The van der Waals surface area contributed by atoms with Gasteiger partial charge in [0.15, 0.2) is 12.7 Å². The second kappa shape index (κ2) is 18.0. The predicted octanol–water partition coefficient (Wildman–Crippen LogP) is 7.10. The molecular formula is C27H51N3O3Si. The summed E-state index contributed by atoms with van der Waals surface area (Å²) in [5, 5.41) is 2.14. The Bertz CT molecular complexity index is 641. The Morgan fingerprint density at radius 3 is 2.35 bits per heavy atom. The summed E-state index contributed by atoms with van der Waals surface area (Å²) < 4.78 is 11.2. The number of oxazole rings is 1. The van der Waals surface area contributed by atoms with Gasteiger partial charge in [0.2, 0.25) is 15.6 Å². The van der Waals surface area contributed by atoms with Crippen LogP contribution in [0.15, 0.2) is 22.1 Å². The zero-order chi connectivity index (χ0) is 24.4. The average molecular weight is 494 g/mol. The molecule has 1 aromatic heterocycles. The molecule has 0 bridgehead atoms. The van der Waals surface area contributed by atoms with Gasteiger partial charge in [-0.25, -0.2) is 5.06 Å². The summed E-state index contributed by atoms with van der Waals surface area (Å²) in [4.78, 5) is 15.7. The van der Waals surface area contributed by atoms with Crippen LogP contribution in [-0.4, -0.2) is 44.8 Å². The van der Waals surface area contributed by atoms with Crippen LogP contribution in [0, 0.1) is 5.92 Å². The van der Waals surface area contributed by atoms with Crippen LogP contribution in [0.25, 0.3) is 0 Å². The fourth-order valence-corrected chi connectivity index (χ4v) is 6.55. The Morgan fingerprint density at radius 1 is 0.971 bits per heavy atom. The number of nitrogens with zero attached hydrogens (tertiary/aromatic N) is 3. The summed E-state index contributed by atoms with van der Waals surface area (Å²) in [5.41, 5.74) is 0.559. The first-order chi connectivity index (χ1) is 16.7. The van der Waals surface area contributed by atoms with E-state index in [-0.39, 0.29) is 6.10 Å². The molecule has 6 nitrogen and oxygen atoms in total. The first-order valence-corrected chi connectivity index (χ1v) is 15.6. The lowest BCUT2D eigenvalue weighted by molar-refractivity contribution is -0.163. The Hall–Kier alpha value is -1.34. The van der Waals surface area contributed by atoms with E-state index in [9.17, 15) is 0 Å². The van der Waals surface area contributed by atoms with Gasteiger partial charge in [0.05, 0.1) is 19.2 Å². The lowest BCUT2D eigenvalue weighted by Crippen LogP contribution is -2.39. The maximum atomic E-state index is 6.71. The van der Waals surface area contributed by atoms with Gasteiger partial charge in [0.25, 0.3) is 0 Å². The number of aromatic nitrogens is 1. The SMILES string of the molecule is CCCCCCCCCCC1=NCCN1OC(CC)C(CCCC)C(CC)[SiH2]Oc1cocn1. The molecule has 1 aliphatic heterocycles. The van der Waals surface area contributed by atoms with Crippen LogP contribution in [0.4, 0.5) is 0 Å². The molecule has 0 fully saturated rings. The molecule has 0 aromatic carbocycles. The van der Waals surface area contributed by atoms with E-state index in [2.05, 4.69) is 37.7 Å². The normalized spacial score (nSPS) is 16.8. The van der Waals surface area contributed by atoms with Crippen molar-refractivity contribution in [3.63, 3.8) is 0 Å². The van der Waals surface area contributed by atoms with Gasteiger partial charge < -0.3 is 8.84 Å². The second-order valence-corrected chi connectivity index (χ2v) is 11.5. The first kappa shape index (κ1) is 28.9. The van der Waals surface area contributed by atoms with Crippen LogP contribution in [0.2, 0.25) is 5.54 Å². The molecule has 0 N–H and O–H groups in total. The van der Waals surface area contributed by atoms with Crippen molar-refractivity contribution in [2.24, 2.45) is 10.9 Å². The molecular weight excluding hydrogens is 442 g/mol. The molecule has 0 amide bonds. The highest BCUT2D eigenvalue weighted by atomic mass is 28.2. The van der Waals surface area contributed by atoms with Gasteiger partial charge in [0.1, 0.15) is 5.84 Å². The minimum atomic E-state index is -0.794. The fourth-order valence-electron chi connectivity index (χ4n) is 5.01. The van der Waals surface area contributed by atoms with Crippen molar-refractivity contribution in [3.8, 4) is 5.88 Å². The molecule has 2 heterocycles. The molecule has 0 saturated heterocycles. The van der Waals surface area contributed by atoms with E-state index in [0.717, 1.165) is 32.4 Å². The molecule has 1 aromatic rings. The Balaban J connectivity index is 1.85. The van der Waals surface area contributed by atoms with Crippen LogP contribution < -0.4 is 4.43 Å². The molecule has 7 heteroatoms. The molecule has 3 atom stereocenters. The number of amidine groups is 1. The van der Waals surface area contributed by atoms with Crippen LogP contribution in [0.5, 0.6) is 5.88 Å². The van der Waals surface area contributed by atoms with Crippen LogP contribution in [0.1, 0.15) is 118 Å². The third-order valence-corrected chi connectivity index (χ3v) is 9.23. The number of rotatable bonds is 21. The Morgan fingerprint density at radius 2 is 1.71 bits per heavy atom. The highest BCUT2D eigenvalue weighted by molar-refractivity contribution is 6.30. The fraction of sp³-hybridized carbons (Fsp3) is 0.852.